The summed E-state index contributed by atoms with van der Waals surface area (Å²) in [6, 6.07) is 10.5. The van der Waals surface area contributed by atoms with Gasteiger partial charge in [0.25, 0.3) is 5.91 Å². The molecule has 27 heavy (non-hydrogen) atoms. The first-order valence-electron chi connectivity index (χ1n) is 8.02. The number of alkyl halides is 2. The summed E-state index contributed by atoms with van der Waals surface area (Å²) in [6.45, 7) is -2.98. The maximum atomic E-state index is 13.3. The molecule has 1 unspecified atom stereocenters. The molecule has 0 aliphatic rings. The summed E-state index contributed by atoms with van der Waals surface area (Å²) in [7, 11) is 1.77. The standard InChI is InChI=1S/C19H16F3N3O2/c1-25-10-9-23-17(25)16(12-5-7-14(20)8-6-12)24-18(26)13-3-2-4-15(11-13)27-19(21)22/h2-11,16,19H,1H3,(H,24,26). The monoisotopic (exact) mass is 375 g/mol. The number of hydrogen-bond acceptors (Lipinski definition) is 3. The van der Waals surface area contributed by atoms with Crippen LogP contribution in [0.4, 0.5) is 13.2 Å². The van der Waals surface area contributed by atoms with Crippen molar-refractivity contribution in [3.8, 4) is 5.75 Å². The summed E-state index contributed by atoms with van der Waals surface area (Å²) in [5, 5.41) is 2.81. The van der Waals surface area contributed by atoms with Gasteiger partial charge >= 0.3 is 6.61 Å². The maximum Gasteiger partial charge on any atom is 0.387 e. The van der Waals surface area contributed by atoms with E-state index in [1.807, 2.05) is 0 Å². The summed E-state index contributed by atoms with van der Waals surface area (Å²) >= 11 is 0. The van der Waals surface area contributed by atoms with Gasteiger partial charge in [-0.3, -0.25) is 4.79 Å². The molecule has 0 fully saturated rings. The SMILES string of the molecule is Cn1ccnc1C(NC(=O)c1cccc(OC(F)F)c1)c1ccc(F)cc1. The van der Waals surface area contributed by atoms with Crippen LogP contribution in [0.25, 0.3) is 0 Å². The van der Waals surface area contributed by atoms with Crippen LogP contribution in [0.2, 0.25) is 0 Å². The lowest BCUT2D eigenvalue weighted by Gasteiger charge is -2.19. The predicted molar refractivity (Wildman–Crippen MR) is 92.0 cm³/mol. The molecule has 0 saturated heterocycles. The number of nitrogens with one attached hydrogen (secondary N) is 1. The summed E-state index contributed by atoms with van der Waals surface area (Å²) in [6.07, 6.45) is 3.30. The number of carbonyl (C=O) groups is 1. The van der Waals surface area contributed by atoms with Crippen LogP contribution in [0.15, 0.2) is 60.9 Å². The Labute approximate surface area is 153 Å². The molecule has 140 valence electrons. The van der Waals surface area contributed by atoms with E-state index < -0.39 is 24.4 Å². The van der Waals surface area contributed by atoms with E-state index in [4.69, 9.17) is 0 Å². The van der Waals surface area contributed by atoms with Crippen molar-refractivity contribution in [1.29, 1.82) is 0 Å². The third-order valence-electron chi connectivity index (χ3n) is 3.92. The van der Waals surface area contributed by atoms with Gasteiger partial charge in [0.2, 0.25) is 0 Å². The Bertz CT molecular complexity index is 926. The second-order valence-corrected chi connectivity index (χ2v) is 5.76. The third kappa shape index (κ3) is 4.46. The molecule has 1 aromatic heterocycles. The largest absolute Gasteiger partial charge is 0.435 e. The lowest BCUT2D eigenvalue weighted by molar-refractivity contribution is -0.0498. The first kappa shape index (κ1) is 18.5. The van der Waals surface area contributed by atoms with Crippen molar-refractivity contribution in [3.05, 3.63) is 83.7 Å². The number of benzene rings is 2. The average Bonchev–Trinajstić information content (AvgIpc) is 3.06. The molecule has 1 heterocycles. The minimum absolute atomic E-state index is 0.118. The van der Waals surface area contributed by atoms with E-state index in [0.29, 0.717) is 11.4 Å². The van der Waals surface area contributed by atoms with Gasteiger partial charge in [-0.25, -0.2) is 9.37 Å². The van der Waals surface area contributed by atoms with Crippen LogP contribution in [0.5, 0.6) is 5.75 Å². The van der Waals surface area contributed by atoms with Crippen LogP contribution in [0.3, 0.4) is 0 Å². The first-order valence-corrected chi connectivity index (χ1v) is 8.02. The van der Waals surface area contributed by atoms with Gasteiger partial charge in [-0.15, -0.1) is 0 Å². The highest BCUT2D eigenvalue weighted by Crippen LogP contribution is 2.22. The van der Waals surface area contributed by atoms with Gasteiger partial charge < -0.3 is 14.6 Å². The first-order chi connectivity index (χ1) is 12.9. The normalized spacial score (nSPS) is 12.0. The minimum atomic E-state index is -2.98. The number of carbonyl (C=O) groups excluding carboxylic acids is 1. The highest BCUT2D eigenvalue weighted by molar-refractivity contribution is 5.95. The van der Waals surface area contributed by atoms with E-state index in [1.165, 1.54) is 36.4 Å². The number of aryl methyl sites for hydroxylation is 1. The lowest BCUT2D eigenvalue weighted by Crippen LogP contribution is -2.31. The molecule has 3 aromatic rings. The van der Waals surface area contributed by atoms with Gasteiger partial charge in [-0.1, -0.05) is 18.2 Å². The molecule has 1 atom stereocenters. The number of ether oxygens (including phenoxy) is 1. The molecule has 2 aromatic carbocycles. The number of rotatable bonds is 6. The van der Waals surface area contributed by atoms with Crippen molar-refractivity contribution in [2.75, 3.05) is 0 Å². The summed E-state index contributed by atoms with van der Waals surface area (Å²) in [5.41, 5.74) is 0.772. The summed E-state index contributed by atoms with van der Waals surface area (Å²) in [5.74, 6) is -0.490. The molecule has 5 nitrogen and oxygen atoms in total. The van der Waals surface area contributed by atoms with Crippen LogP contribution in [-0.2, 0) is 7.05 Å². The Hall–Kier alpha value is -3.29. The Morgan fingerprint density at radius 1 is 1.19 bits per heavy atom. The van der Waals surface area contributed by atoms with Crippen LogP contribution in [0.1, 0.15) is 27.8 Å². The molecular weight excluding hydrogens is 359 g/mol. The van der Waals surface area contributed by atoms with E-state index in [1.54, 1.807) is 36.1 Å². The van der Waals surface area contributed by atoms with Gasteiger partial charge in [0.05, 0.1) is 0 Å². The number of imidazole rings is 1. The number of nitrogens with zero attached hydrogens (tertiary/aromatic N) is 2. The second kappa shape index (κ2) is 7.94. The zero-order valence-corrected chi connectivity index (χ0v) is 14.3. The molecule has 0 aliphatic heterocycles. The maximum absolute atomic E-state index is 13.3. The number of amides is 1. The predicted octanol–water partition coefficient (Wildman–Crippen LogP) is 3.68. The van der Waals surface area contributed by atoms with Crippen molar-refractivity contribution >= 4 is 5.91 Å². The number of halogens is 3. The quantitative estimate of drug-likeness (QED) is 0.715. The van der Waals surface area contributed by atoms with Crippen molar-refractivity contribution in [2.24, 2.45) is 7.05 Å². The molecular formula is C19H16F3N3O2. The molecule has 8 heteroatoms. The van der Waals surface area contributed by atoms with E-state index in [2.05, 4.69) is 15.0 Å². The zero-order chi connectivity index (χ0) is 19.4. The fraction of sp³-hybridized carbons (Fsp3) is 0.158. The molecule has 1 amide bonds. The molecule has 0 spiro atoms. The summed E-state index contributed by atoms with van der Waals surface area (Å²) in [4.78, 5) is 16.9. The van der Waals surface area contributed by atoms with Crippen LogP contribution in [0, 0.1) is 5.82 Å². The Morgan fingerprint density at radius 2 is 1.93 bits per heavy atom. The second-order valence-electron chi connectivity index (χ2n) is 5.76. The molecule has 3 rings (SSSR count). The molecule has 0 bridgehead atoms. The number of hydrogen-bond donors (Lipinski definition) is 1. The van der Waals surface area contributed by atoms with Gasteiger partial charge in [0.15, 0.2) is 0 Å². The van der Waals surface area contributed by atoms with Crippen LogP contribution in [-0.4, -0.2) is 22.1 Å². The Morgan fingerprint density at radius 3 is 2.56 bits per heavy atom. The Balaban J connectivity index is 1.89. The molecule has 1 N–H and O–H groups in total. The van der Waals surface area contributed by atoms with Gasteiger partial charge in [-0.2, -0.15) is 8.78 Å². The third-order valence-corrected chi connectivity index (χ3v) is 3.92. The molecule has 0 saturated carbocycles. The van der Waals surface area contributed by atoms with E-state index in [0.717, 1.165) is 0 Å². The van der Waals surface area contributed by atoms with Crippen LogP contribution < -0.4 is 10.1 Å². The highest BCUT2D eigenvalue weighted by Gasteiger charge is 2.22. The van der Waals surface area contributed by atoms with Gasteiger partial charge in [0, 0.05) is 25.0 Å². The van der Waals surface area contributed by atoms with E-state index >= 15 is 0 Å². The van der Waals surface area contributed by atoms with E-state index in [9.17, 15) is 18.0 Å². The number of aromatic nitrogens is 2. The summed E-state index contributed by atoms with van der Waals surface area (Å²) < 4.78 is 44.1. The van der Waals surface area contributed by atoms with Crippen molar-refractivity contribution in [2.45, 2.75) is 12.7 Å². The average molecular weight is 375 g/mol. The lowest BCUT2D eigenvalue weighted by atomic mass is 10.1. The Kier molecular flexibility index (Phi) is 5.44. The van der Waals surface area contributed by atoms with Crippen molar-refractivity contribution in [3.63, 3.8) is 0 Å². The molecule has 0 aliphatic carbocycles. The van der Waals surface area contributed by atoms with E-state index in [-0.39, 0.29) is 11.3 Å². The fourth-order valence-corrected chi connectivity index (χ4v) is 2.64. The zero-order valence-electron chi connectivity index (χ0n) is 14.3. The fourth-order valence-electron chi connectivity index (χ4n) is 2.64. The topological polar surface area (TPSA) is 56.2 Å². The van der Waals surface area contributed by atoms with Crippen molar-refractivity contribution < 1.29 is 22.7 Å². The van der Waals surface area contributed by atoms with Gasteiger partial charge in [0.1, 0.15) is 23.4 Å². The smallest absolute Gasteiger partial charge is 0.387 e. The minimum Gasteiger partial charge on any atom is -0.435 e. The van der Waals surface area contributed by atoms with Gasteiger partial charge in [-0.05, 0) is 35.9 Å². The van der Waals surface area contributed by atoms with Crippen molar-refractivity contribution in [1.82, 2.24) is 14.9 Å². The highest BCUT2D eigenvalue weighted by atomic mass is 19.3. The van der Waals surface area contributed by atoms with Crippen LogP contribution >= 0.6 is 0 Å². The molecule has 0 radical (unpaired) electrons.